The van der Waals surface area contributed by atoms with Gasteiger partial charge in [-0.1, -0.05) is 39.0 Å². The summed E-state index contributed by atoms with van der Waals surface area (Å²) in [6.45, 7) is 6.93. The van der Waals surface area contributed by atoms with E-state index in [0.29, 0.717) is 11.5 Å². The van der Waals surface area contributed by atoms with Crippen LogP contribution in [0.1, 0.15) is 57.2 Å². The van der Waals surface area contributed by atoms with Crippen molar-refractivity contribution < 1.29 is 13.2 Å². The van der Waals surface area contributed by atoms with Crippen molar-refractivity contribution in [1.82, 2.24) is 5.32 Å². The van der Waals surface area contributed by atoms with Crippen molar-refractivity contribution >= 4 is 0 Å². The van der Waals surface area contributed by atoms with Crippen molar-refractivity contribution in [2.45, 2.75) is 52.3 Å². The Balaban J connectivity index is 3.00. The molecule has 0 heterocycles. The standard InChI is InChI=1S/C16H24F3N/c1-4-11-20-15(10-9-12(2)3)13-7-5-6-8-14(13)16(17,18)19/h5-8,12,15,20H,4,9-11H2,1-3H3. The topological polar surface area (TPSA) is 12.0 Å². The lowest BCUT2D eigenvalue weighted by Crippen LogP contribution is -2.25. The highest BCUT2D eigenvalue weighted by Crippen LogP contribution is 2.36. The smallest absolute Gasteiger partial charge is 0.310 e. The number of hydrogen-bond donors (Lipinski definition) is 1. The molecule has 114 valence electrons. The first kappa shape index (κ1) is 17.0. The summed E-state index contributed by atoms with van der Waals surface area (Å²) in [5.74, 6) is 0.485. The van der Waals surface area contributed by atoms with E-state index in [9.17, 15) is 13.2 Å². The summed E-state index contributed by atoms with van der Waals surface area (Å²) in [6.07, 6.45) is -1.74. The molecule has 1 N–H and O–H groups in total. The second-order valence-electron chi connectivity index (χ2n) is 5.56. The zero-order valence-electron chi connectivity index (χ0n) is 12.4. The molecule has 1 unspecified atom stereocenters. The lowest BCUT2D eigenvalue weighted by Gasteiger charge is -2.23. The summed E-state index contributed by atoms with van der Waals surface area (Å²) in [4.78, 5) is 0. The van der Waals surface area contributed by atoms with E-state index in [0.717, 1.165) is 25.8 Å². The van der Waals surface area contributed by atoms with Gasteiger partial charge in [-0.3, -0.25) is 0 Å². The third kappa shape index (κ3) is 5.16. The molecule has 0 amide bonds. The summed E-state index contributed by atoms with van der Waals surface area (Å²) in [6, 6.07) is 5.67. The van der Waals surface area contributed by atoms with Crippen LogP contribution < -0.4 is 5.32 Å². The molecule has 1 aromatic carbocycles. The van der Waals surface area contributed by atoms with E-state index in [1.807, 2.05) is 6.92 Å². The molecule has 0 aliphatic carbocycles. The normalized spacial score (nSPS) is 13.8. The Kier molecular flexibility index (Phi) is 6.53. The van der Waals surface area contributed by atoms with Crippen LogP contribution in [0.25, 0.3) is 0 Å². The average Bonchev–Trinajstić information content (AvgIpc) is 2.37. The molecule has 0 saturated carbocycles. The number of halogens is 3. The Labute approximate surface area is 119 Å². The molecule has 0 bridgehead atoms. The highest BCUT2D eigenvalue weighted by molar-refractivity contribution is 5.32. The minimum Gasteiger partial charge on any atom is -0.310 e. The van der Waals surface area contributed by atoms with Crippen molar-refractivity contribution in [3.63, 3.8) is 0 Å². The molecule has 0 saturated heterocycles. The van der Waals surface area contributed by atoms with Gasteiger partial charge in [-0.25, -0.2) is 0 Å². The molecule has 1 nitrogen and oxygen atoms in total. The van der Waals surface area contributed by atoms with E-state index in [1.54, 1.807) is 12.1 Å². The first-order chi connectivity index (χ1) is 9.36. The van der Waals surface area contributed by atoms with Gasteiger partial charge in [0.25, 0.3) is 0 Å². The molecule has 1 atom stereocenters. The van der Waals surface area contributed by atoms with E-state index < -0.39 is 11.7 Å². The third-order valence-corrected chi connectivity index (χ3v) is 3.32. The van der Waals surface area contributed by atoms with Gasteiger partial charge < -0.3 is 5.32 Å². The van der Waals surface area contributed by atoms with Crippen LogP contribution >= 0.6 is 0 Å². The van der Waals surface area contributed by atoms with E-state index in [4.69, 9.17) is 0 Å². The summed E-state index contributed by atoms with van der Waals surface area (Å²) < 4.78 is 39.3. The first-order valence-electron chi connectivity index (χ1n) is 7.25. The van der Waals surface area contributed by atoms with Crippen LogP contribution in [0, 0.1) is 5.92 Å². The molecular weight excluding hydrogens is 263 g/mol. The predicted octanol–water partition coefficient (Wildman–Crippen LogP) is 5.18. The zero-order chi connectivity index (χ0) is 15.2. The quantitative estimate of drug-likeness (QED) is 0.728. The first-order valence-corrected chi connectivity index (χ1v) is 7.25. The molecule has 0 fully saturated rings. The second kappa shape index (κ2) is 7.67. The van der Waals surface area contributed by atoms with E-state index >= 15 is 0 Å². The molecule has 1 aromatic rings. The van der Waals surface area contributed by atoms with Crippen LogP contribution in [0.15, 0.2) is 24.3 Å². The molecule has 4 heteroatoms. The van der Waals surface area contributed by atoms with E-state index in [2.05, 4.69) is 19.2 Å². The fourth-order valence-electron chi connectivity index (χ4n) is 2.25. The van der Waals surface area contributed by atoms with Crippen molar-refractivity contribution in [3.8, 4) is 0 Å². The summed E-state index contributed by atoms with van der Waals surface area (Å²) in [5, 5.41) is 3.25. The summed E-state index contributed by atoms with van der Waals surface area (Å²) in [5.41, 5.74) is -0.147. The van der Waals surface area contributed by atoms with Gasteiger partial charge >= 0.3 is 6.18 Å². The van der Waals surface area contributed by atoms with Gasteiger partial charge in [-0.05, 0) is 43.4 Å². The van der Waals surface area contributed by atoms with Crippen LogP contribution in [-0.4, -0.2) is 6.54 Å². The van der Waals surface area contributed by atoms with Crippen molar-refractivity contribution in [2.75, 3.05) is 6.54 Å². The van der Waals surface area contributed by atoms with E-state index in [-0.39, 0.29) is 6.04 Å². The van der Waals surface area contributed by atoms with Crippen molar-refractivity contribution in [1.29, 1.82) is 0 Å². The zero-order valence-corrected chi connectivity index (χ0v) is 12.4. The fourth-order valence-corrected chi connectivity index (χ4v) is 2.25. The maximum Gasteiger partial charge on any atom is 0.416 e. The Hall–Kier alpha value is -1.03. The number of hydrogen-bond acceptors (Lipinski definition) is 1. The van der Waals surface area contributed by atoms with Crippen LogP contribution in [-0.2, 0) is 6.18 Å². The summed E-state index contributed by atoms with van der Waals surface area (Å²) in [7, 11) is 0. The number of benzene rings is 1. The highest BCUT2D eigenvalue weighted by atomic mass is 19.4. The minimum absolute atomic E-state index is 0.227. The van der Waals surface area contributed by atoms with Crippen LogP contribution in [0.4, 0.5) is 13.2 Å². The molecule has 0 aromatic heterocycles. The Morgan fingerprint density at radius 3 is 2.30 bits per heavy atom. The maximum atomic E-state index is 13.1. The Bertz CT molecular complexity index is 399. The number of alkyl halides is 3. The Morgan fingerprint density at radius 2 is 1.75 bits per heavy atom. The second-order valence-corrected chi connectivity index (χ2v) is 5.56. The van der Waals surface area contributed by atoms with Gasteiger partial charge in [0.1, 0.15) is 0 Å². The summed E-state index contributed by atoms with van der Waals surface area (Å²) >= 11 is 0. The number of nitrogens with one attached hydrogen (secondary N) is 1. The van der Waals surface area contributed by atoms with Gasteiger partial charge in [0.05, 0.1) is 5.56 Å². The van der Waals surface area contributed by atoms with Gasteiger partial charge in [0.2, 0.25) is 0 Å². The van der Waals surface area contributed by atoms with Crippen molar-refractivity contribution in [2.24, 2.45) is 5.92 Å². The average molecular weight is 287 g/mol. The molecule has 20 heavy (non-hydrogen) atoms. The van der Waals surface area contributed by atoms with E-state index in [1.165, 1.54) is 12.1 Å². The largest absolute Gasteiger partial charge is 0.416 e. The fraction of sp³-hybridized carbons (Fsp3) is 0.625. The SMILES string of the molecule is CCCNC(CCC(C)C)c1ccccc1C(F)(F)F. The Morgan fingerprint density at radius 1 is 1.10 bits per heavy atom. The molecule has 0 radical (unpaired) electrons. The third-order valence-electron chi connectivity index (χ3n) is 3.32. The minimum atomic E-state index is -4.29. The monoisotopic (exact) mass is 287 g/mol. The van der Waals surface area contributed by atoms with Crippen LogP contribution in [0.2, 0.25) is 0 Å². The number of rotatable bonds is 7. The van der Waals surface area contributed by atoms with Gasteiger partial charge in [-0.15, -0.1) is 0 Å². The van der Waals surface area contributed by atoms with Crippen LogP contribution in [0.5, 0.6) is 0 Å². The van der Waals surface area contributed by atoms with Gasteiger partial charge in [0.15, 0.2) is 0 Å². The highest BCUT2D eigenvalue weighted by Gasteiger charge is 2.34. The van der Waals surface area contributed by atoms with Crippen LogP contribution in [0.3, 0.4) is 0 Å². The van der Waals surface area contributed by atoms with Gasteiger partial charge in [-0.2, -0.15) is 13.2 Å². The van der Waals surface area contributed by atoms with Gasteiger partial charge in [0, 0.05) is 6.04 Å². The maximum absolute atomic E-state index is 13.1. The molecule has 1 rings (SSSR count). The molecular formula is C16H24F3N. The lowest BCUT2D eigenvalue weighted by atomic mass is 9.93. The molecule has 0 aliphatic heterocycles. The van der Waals surface area contributed by atoms with Crippen molar-refractivity contribution in [3.05, 3.63) is 35.4 Å². The molecule has 0 spiro atoms. The molecule has 0 aliphatic rings. The predicted molar refractivity (Wildman–Crippen MR) is 76.6 cm³/mol. The lowest BCUT2D eigenvalue weighted by molar-refractivity contribution is -0.138.